The van der Waals surface area contributed by atoms with E-state index in [4.69, 9.17) is 5.11 Å². The molecule has 1 aromatic rings. The molecule has 100 valence electrons. The molecule has 0 bridgehead atoms. The van der Waals surface area contributed by atoms with E-state index in [1.165, 1.54) is 16.8 Å². The number of fused-ring (bicyclic) bond motifs is 1. The summed E-state index contributed by atoms with van der Waals surface area (Å²) < 4.78 is 0. The molecule has 1 aliphatic heterocycles. The van der Waals surface area contributed by atoms with E-state index in [1.54, 1.807) is 0 Å². The lowest BCUT2D eigenvalue weighted by Crippen LogP contribution is -2.27. The highest BCUT2D eigenvalue weighted by atomic mass is 16.3. The van der Waals surface area contributed by atoms with Crippen molar-refractivity contribution in [2.24, 2.45) is 5.92 Å². The van der Waals surface area contributed by atoms with Gasteiger partial charge in [0.05, 0.1) is 0 Å². The largest absolute Gasteiger partial charge is 0.396 e. The van der Waals surface area contributed by atoms with E-state index >= 15 is 0 Å². The molecule has 2 atom stereocenters. The zero-order valence-corrected chi connectivity index (χ0v) is 11.6. The van der Waals surface area contributed by atoms with Crippen LogP contribution >= 0.6 is 0 Å². The van der Waals surface area contributed by atoms with Gasteiger partial charge in [0.15, 0.2) is 0 Å². The van der Waals surface area contributed by atoms with Crippen LogP contribution in [0.2, 0.25) is 0 Å². The summed E-state index contributed by atoms with van der Waals surface area (Å²) in [6.07, 6.45) is 1.12. The highest BCUT2D eigenvalue weighted by Crippen LogP contribution is 2.30. The molecular formula is C15H24N2O. The number of rotatable bonds is 5. The monoisotopic (exact) mass is 248 g/mol. The van der Waals surface area contributed by atoms with E-state index in [0.29, 0.717) is 12.0 Å². The molecular weight excluding hydrogens is 224 g/mol. The van der Waals surface area contributed by atoms with Gasteiger partial charge in [-0.1, -0.05) is 19.1 Å². The first-order chi connectivity index (χ1) is 8.65. The maximum Gasteiger partial charge on any atom is 0.0473 e. The molecule has 2 rings (SSSR count). The molecule has 0 aliphatic carbocycles. The molecule has 0 radical (unpaired) electrons. The molecule has 3 heteroatoms. The molecule has 0 aromatic heterocycles. The van der Waals surface area contributed by atoms with Crippen LogP contribution in [0.3, 0.4) is 0 Å². The first-order valence-corrected chi connectivity index (χ1v) is 6.81. The van der Waals surface area contributed by atoms with Crippen LogP contribution in [0.1, 0.15) is 31.0 Å². The van der Waals surface area contributed by atoms with Crippen molar-refractivity contribution in [1.29, 1.82) is 0 Å². The van der Waals surface area contributed by atoms with Crippen LogP contribution < -0.4 is 10.2 Å². The Bertz CT molecular complexity index is 405. The molecule has 1 aromatic carbocycles. The number of aliphatic hydroxyl groups excluding tert-OH is 1. The van der Waals surface area contributed by atoms with Crippen LogP contribution in [0.25, 0.3) is 0 Å². The molecule has 0 amide bonds. The Morgan fingerprint density at radius 1 is 1.39 bits per heavy atom. The first kappa shape index (κ1) is 13.4. The summed E-state index contributed by atoms with van der Waals surface area (Å²) in [6, 6.07) is 7.16. The second-order valence-electron chi connectivity index (χ2n) is 5.38. The third-order valence-corrected chi connectivity index (χ3v) is 3.87. The van der Waals surface area contributed by atoms with E-state index in [-0.39, 0.29) is 6.61 Å². The van der Waals surface area contributed by atoms with Crippen molar-refractivity contribution in [3.05, 3.63) is 29.3 Å². The Labute approximate surface area is 110 Å². The van der Waals surface area contributed by atoms with Gasteiger partial charge >= 0.3 is 0 Å². The summed E-state index contributed by atoms with van der Waals surface area (Å²) in [5, 5.41) is 12.4. The van der Waals surface area contributed by atoms with E-state index in [2.05, 4.69) is 42.3 Å². The summed E-state index contributed by atoms with van der Waals surface area (Å²) in [6.45, 7) is 6.57. The minimum atomic E-state index is 0.265. The summed E-state index contributed by atoms with van der Waals surface area (Å²) in [4.78, 5) is 2.39. The molecule has 1 heterocycles. The number of anilines is 1. The van der Waals surface area contributed by atoms with Crippen LogP contribution in [0.15, 0.2) is 18.2 Å². The summed E-state index contributed by atoms with van der Waals surface area (Å²) in [5.41, 5.74) is 4.15. The van der Waals surface area contributed by atoms with Crippen molar-refractivity contribution < 1.29 is 5.11 Å². The standard InChI is InChI=1S/C15H24N2O/c1-11(10-18)9-17-7-6-14-8-13(12(2)16-3)4-5-15(14)17/h4-5,8,11-12,16,18H,6-7,9-10H2,1-3H3. The molecule has 0 spiro atoms. The van der Waals surface area contributed by atoms with Crippen LogP contribution in [-0.4, -0.2) is 31.9 Å². The van der Waals surface area contributed by atoms with Crippen molar-refractivity contribution in [2.75, 3.05) is 31.6 Å². The van der Waals surface area contributed by atoms with Crippen molar-refractivity contribution in [3.63, 3.8) is 0 Å². The molecule has 0 saturated heterocycles. The molecule has 3 nitrogen and oxygen atoms in total. The van der Waals surface area contributed by atoms with Crippen molar-refractivity contribution in [1.82, 2.24) is 5.32 Å². The predicted octanol–water partition coefficient (Wildman–Crippen LogP) is 1.96. The second-order valence-corrected chi connectivity index (χ2v) is 5.38. The Balaban J connectivity index is 2.15. The van der Waals surface area contributed by atoms with E-state index in [9.17, 15) is 0 Å². The lowest BCUT2D eigenvalue weighted by molar-refractivity contribution is 0.239. The van der Waals surface area contributed by atoms with Crippen molar-refractivity contribution >= 4 is 5.69 Å². The third kappa shape index (κ3) is 2.68. The van der Waals surface area contributed by atoms with Gasteiger partial charge in [0.25, 0.3) is 0 Å². The fourth-order valence-corrected chi connectivity index (χ4v) is 2.55. The molecule has 0 fully saturated rings. The normalized spacial score (nSPS) is 17.7. The fourth-order valence-electron chi connectivity index (χ4n) is 2.55. The van der Waals surface area contributed by atoms with Crippen LogP contribution in [0.5, 0.6) is 0 Å². The predicted molar refractivity (Wildman–Crippen MR) is 76.1 cm³/mol. The van der Waals surface area contributed by atoms with Gasteiger partial charge in [-0.25, -0.2) is 0 Å². The van der Waals surface area contributed by atoms with E-state index in [1.807, 2.05) is 7.05 Å². The van der Waals surface area contributed by atoms with Crippen LogP contribution in [-0.2, 0) is 6.42 Å². The Hall–Kier alpha value is -1.06. The third-order valence-electron chi connectivity index (χ3n) is 3.87. The van der Waals surface area contributed by atoms with Gasteiger partial charge in [0.1, 0.15) is 0 Å². The number of nitrogens with one attached hydrogen (secondary N) is 1. The first-order valence-electron chi connectivity index (χ1n) is 6.81. The average Bonchev–Trinajstić information content (AvgIpc) is 2.80. The lowest BCUT2D eigenvalue weighted by atomic mass is 10.0. The van der Waals surface area contributed by atoms with Crippen LogP contribution in [0.4, 0.5) is 5.69 Å². The molecule has 18 heavy (non-hydrogen) atoms. The average molecular weight is 248 g/mol. The minimum Gasteiger partial charge on any atom is -0.396 e. The van der Waals surface area contributed by atoms with E-state index < -0.39 is 0 Å². The minimum absolute atomic E-state index is 0.265. The fraction of sp³-hybridized carbons (Fsp3) is 0.600. The lowest BCUT2D eigenvalue weighted by Gasteiger charge is -2.23. The topological polar surface area (TPSA) is 35.5 Å². The van der Waals surface area contributed by atoms with Crippen molar-refractivity contribution in [2.45, 2.75) is 26.3 Å². The SMILES string of the molecule is CNC(C)c1ccc2c(c1)CCN2CC(C)CO. The quantitative estimate of drug-likeness (QED) is 0.836. The van der Waals surface area contributed by atoms with Gasteiger partial charge in [-0.15, -0.1) is 0 Å². The van der Waals surface area contributed by atoms with E-state index in [0.717, 1.165) is 19.5 Å². The number of benzene rings is 1. The zero-order valence-electron chi connectivity index (χ0n) is 11.6. The molecule has 1 aliphatic rings. The number of aliphatic hydroxyl groups is 1. The van der Waals surface area contributed by atoms with Gasteiger partial charge in [0.2, 0.25) is 0 Å². The zero-order chi connectivity index (χ0) is 13.1. The maximum atomic E-state index is 9.16. The summed E-state index contributed by atoms with van der Waals surface area (Å²) >= 11 is 0. The van der Waals surface area contributed by atoms with Crippen molar-refractivity contribution in [3.8, 4) is 0 Å². The summed E-state index contributed by atoms with van der Waals surface area (Å²) in [7, 11) is 1.99. The van der Waals surface area contributed by atoms with Crippen LogP contribution in [0, 0.1) is 5.92 Å². The molecule has 2 N–H and O–H groups in total. The second kappa shape index (κ2) is 5.72. The Morgan fingerprint density at radius 3 is 2.83 bits per heavy atom. The number of hydrogen-bond acceptors (Lipinski definition) is 3. The van der Waals surface area contributed by atoms with Gasteiger partial charge in [-0.2, -0.15) is 0 Å². The molecule has 2 unspecified atom stereocenters. The summed E-state index contributed by atoms with van der Waals surface area (Å²) in [5.74, 6) is 0.340. The van der Waals surface area contributed by atoms with Gasteiger partial charge in [-0.3, -0.25) is 0 Å². The number of hydrogen-bond donors (Lipinski definition) is 2. The highest BCUT2D eigenvalue weighted by molar-refractivity contribution is 5.59. The smallest absolute Gasteiger partial charge is 0.0473 e. The van der Waals surface area contributed by atoms with Gasteiger partial charge < -0.3 is 15.3 Å². The van der Waals surface area contributed by atoms with Gasteiger partial charge in [0, 0.05) is 31.4 Å². The number of nitrogens with zero attached hydrogens (tertiary/aromatic N) is 1. The Morgan fingerprint density at radius 2 is 2.17 bits per heavy atom. The van der Waals surface area contributed by atoms with Gasteiger partial charge in [-0.05, 0) is 43.5 Å². The molecule has 0 saturated carbocycles. The maximum absolute atomic E-state index is 9.16. The highest BCUT2D eigenvalue weighted by Gasteiger charge is 2.21. The Kier molecular flexibility index (Phi) is 4.25.